The van der Waals surface area contributed by atoms with Gasteiger partial charge in [-0.1, -0.05) is 32.9 Å². The molecule has 1 aromatic rings. The molecule has 98 valence electrons. The first-order valence-corrected chi connectivity index (χ1v) is 6.67. The summed E-state index contributed by atoms with van der Waals surface area (Å²) in [5, 5.41) is 2.88. The van der Waals surface area contributed by atoms with Crippen LogP contribution in [0.25, 0.3) is 0 Å². The zero-order valence-corrected chi connectivity index (χ0v) is 11.4. The number of fused-ring (bicyclic) bond motifs is 1. The Morgan fingerprint density at radius 1 is 1.28 bits per heavy atom. The van der Waals surface area contributed by atoms with E-state index in [1.54, 1.807) is 0 Å². The quantitative estimate of drug-likeness (QED) is 0.859. The summed E-state index contributed by atoms with van der Waals surface area (Å²) < 4.78 is 0. The molecule has 0 spiro atoms. The van der Waals surface area contributed by atoms with Gasteiger partial charge in [0.1, 0.15) is 0 Å². The Labute approximate surface area is 109 Å². The number of benzene rings is 1. The molecule has 18 heavy (non-hydrogen) atoms. The Balaban J connectivity index is 2.30. The van der Waals surface area contributed by atoms with Gasteiger partial charge in [0.15, 0.2) is 0 Å². The van der Waals surface area contributed by atoms with Crippen molar-refractivity contribution in [1.29, 1.82) is 0 Å². The molecule has 0 radical (unpaired) electrons. The van der Waals surface area contributed by atoms with Crippen molar-refractivity contribution in [2.45, 2.75) is 33.2 Å². The topological polar surface area (TPSA) is 55.1 Å². The molecule has 2 unspecified atom stereocenters. The van der Waals surface area contributed by atoms with Gasteiger partial charge in [-0.2, -0.15) is 0 Å². The minimum Gasteiger partial charge on any atom is -0.352 e. The molecule has 0 fully saturated rings. The second kappa shape index (κ2) is 5.11. The third-order valence-corrected chi connectivity index (χ3v) is 4.06. The molecule has 1 amide bonds. The van der Waals surface area contributed by atoms with Gasteiger partial charge in [0, 0.05) is 18.2 Å². The Hall–Kier alpha value is -1.35. The summed E-state index contributed by atoms with van der Waals surface area (Å²) in [5.74, 6) is 0.960. The van der Waals surface area contributed by atoms with Crippen molar-refractivity contribution < 1.29 is 4.79 Å². The van der Waals surface area contributed by atoms with Crippen LogP contribution in [0.2, 0.25) is 0 Å². The van der Waals surface area contributed by atoms with Crippen LogP contribution >= 0.6 is 0 Å². The molecular formula is C15H22N2O. The van der Waals surface area contributed by atoms with E-state index in [2.05, 4.69) is 38.2 Å². The lowest BCUT2D eigenvalue weighted by Crippen LogP contribution is -2.32. The number of hydrogen-bond acceptors (Lipinski definition) is 2. The molecule has 3 nitrogen and oxygen atoms in total. The van der Waals surface area contributed by atoms with Gasteiger partial charge in [0.05, 0.1) is 0 Å². The van der Waals surface area contributed by atoms with Crippen LogP contribution in [-0.2, 0) is 6.42 Å². The summed E-state index contributed by atoms with van der Waals surface area (Å²) in [6.45, 7) is 7.25. The van der Waals surface area contributed by atoms with E-state index in [1.807, 2.05) is 6.07 Å². The van der Waals surface area contributed by atoms with Crippen molar-refractivity contribution in [2.24, 2.45) is 17.6 Å². The zero-order valence-electron chi connectivity index (χ0n) is 11.4. The SMILES string of the molecule is CC(C)C(C)C(N)c1ccc2c(c1)C(=O)NCC2. The fourth-order valence-electron chi connectivity index (χ4n) is 2.35. The zero-order chi connectivity index (χ0) is 13.3. The minimum absolute atomic E-state index is 0.00923. The summed E-state index contributed by atoms with van der Waals surface area (Å²) in [6, 6.07) is 6.08. The molecule has 0 aliphatic carbocycles. The minimum atomic E-state index is -0.00923. The Kier molecular flexibility index (Phi) is 3.71. The van der Waals surface area contributed by atoms with Crippen LogP contribution in [0.4, 0.5) is 0 Å². The van der Waals surface area contributed by atoms with Gasteiger partial charge in [-0.05, 0) is 35.4 Å². The highest BCUT2D eigenvalue weighted by Crippen LogP contribution is 2.27. The second-order valence-electron chi connectivity index (χ2n) is 5.55. The van der Waals surface area contributed by atoms with Gasteiger partial charge in [0.2, 0.25) is 0 Å². The maximum Gasteiger partial charge on any atom is 0.251 e. The van der Waals surface area contributed by atoms with Crippen LogP contribution in [0, 0.1) is 11.8 Å². The molecule has 1 aromatic carbocycles. The van der Waals surface area contributed by atoms with Crippen molar-refractivity contribution in [3.63, 3.8) is 0 Å². The van der Waals surface area contributed by atoms with Gasteiger partial charge in [0.25, 0.3) is 5.91 Å². The van der Waals surface area contributed by atoms with Crippen LogP contribution < -0.4 is 11.1 Å². The lowest BCUT2D eigenvalue weighted by atomic mass is 9.85. The van der Waals surface area contributed by atoms with Gasteiger partial charge >= 0.3 is 0 Å². The van der Waals surface area contributed by atoms with Crippen LogP contribution in [-0.4, -0.2) is 12.5 Å². The number of nitrogens with one attached hydrogen (secondary N) is 1. The Morgan fingerprint density at radius 3 is 2.67 bits per heavy atom. The van der Waals surface area contributed by atoms with Crippen molar-refractivity contribution >= 4 is 5.91 Å². The standard InChI is InChI=1S/C15H22N2O/c1-9(2)10(3)14(16)12-5-4-11-6-7-17-15(18)13(11)8-12/h4-5,8-10,14H,6-7,16H2,1-3H3,(H,17,18). The normalized spacial score (nSPS) is 18.2. The van der Waals surface area contributed by atoms with E-state index in [1.165, 1.54) is 0 Å². The smallest absolute Gasteiger partial charge is 0.251 e. The van der Waals surface area contributed by atoms with Crippen LogP contribution in [0.15, 0.2) is 18.2 Å². The molecule has 2 rings (SSSR count). The number of nitrogens with two attached hydrogens (primary N) is 1. The fraction of sp³-hybridized carbons (Fsp3) is 0.533. The van der Waals surface area contributed by atoms with Gasteiger partial charge < -0.3 is 11.1 Å². The molecule has 3 heteroatoms. The lowest BCUT2D eigenvalue weighted by Gasteiger charge is -2.25. The van der Waals surface area contributed by atoms with Gasteiger partial charge in [-0.25, -0.2) is 0 Å². The number of rotatable bonds is 3. The first kappa shape index (κ1) is 13.1. The summed E-state index contributed by atoms with van der Waals surface area (Å²) in [6.07, 6.45) is 0.913. The number of carbonyl (C=O) groups excluding carboxylic acids is 1. The van der Waals surface area contributed by atoms with E-state index in [9.17, 15) is 4.79 Å². The van der Waals surface area contributed by atoms with Gasteiger partial charge in [-0.3, -0.25) is 4.79 Å². The average molecular weight is 246 g/mol. The summed E-state index contributed by atoms with van der Waals surface area (Å²) >= 11 is 0. The molecule has 1 heterocycles. The summed E-state index contributed by atoms with van der Waals surface area (Å²) in [7, 11) is 0. The lowest BCUT2D eigenvalue weighted by molar-refractivity contribution is 0.0946. The third-order valence-electron chi connectivity index (χ3n) is 4.06. The number of amides is 1. The predicted molar refractivity (Wildman–Crippen MR) is 73.4 cm³/mol. The predicted octanol–water partition coefficient (Wildman–Crippen LogP) is 2.26. The molecular weight excluding hydrogens is 224 g/mol. The average Bonchev–Trinajstić information content (AvgIpc) is 2.37. The maximum atomic E-state index is 11.8. The molecule has 3 N–H and O–H groups in total. The molecule has 1 aliphatic heterocycles. The Bertz CT molecular complexity index is 454. The highest BCUT2D eigenvalue weighted by molar-refractivity contribution is 5.96. The number of carbonyl (C=O) groups is 1. The van der Waals surface area contributed by atoms with E-state index >= 15 is 0 Å². The molecule has 0 aromatic heterocycles. The van der Waals surface area contributed by atoms with Crippen molar-refractivity contribution in [2.75, 3.05) is 6.54 Å². The Morgan fingerprint density at radius 2 is 2.00 bits per heavy atom. The van der Waals surface area contributed by atoms with E-state index in [4.69, 9.17) is 5.73 Å². The van der Waals surface area contributed by atoms with Crippen LogP contribution in [0.5, 0.6) is 0 Å². The fourth-order valence-corrected chi connectivity index (χ4v) is 2.35. The van der Waals surface area contributed by atoms with E-state index in [0.717, 1.165) is 29.7 Å². The second-order valence-corrected chi connectivity index (χ2v) is 5.55. The molecule has 0 saturated heterocycles. The van der Waals surface area contributed by atoms with E-state index < -0.39 is 0 Å². The van der Waals surface area contributed by atoms with Gasteiger partial charge in [-0.15, -0.1) is 0 Å². The largest absolute Gasteiger partial charge is 0.352 e. The molecule has 1 aliphatic rings. The highest BCUT2D eigenvalue weighted by Gasteiger charge is 2.22. The van der Waals surface area contributed by atoms with E-state index in [-0.39, 0.29) is 11.9 Å². The molecule has 0 bridgehead atoms. The van der Waals surface area contributed by atoms with Crippen molar-refractivity contribution in [1.82, 2.24) is 5.32 Å². The van der Waals surface area contributed by atoms with Crippen molar-refractivity contribution in [3.05, 3.63) is 34.9 Å². The van der Waals surface area contributed by atoms with Crippen LogP contribution in [0.1, 0.15) is 48.3 Å². The summed E-state index contributed by atoms with van der Waals surface area (Å²) in [5.41, 5.74) is 9.28. The first-order valence-electron chi connectivity index (χ1n) is 6.67. The highest BCUT2D eigenvalue weighted by atomic mass is 16.1. The molecule has 2 atom stereocenters. The van der Waals surface area contributed by atoms with E-state index in [0.29, 0.717) is 11.8 Å². The molecule has 0 saturated carbocycles. The third kappa shape index (κ3) is 2.41. The van der Waals surface area contributed by atoms with Crippen molar-refractivity contribution in [3.8, 4) is 0 Å². The maximum absolute atomic E-state index is 11.8. The van der Waals surface area contributed by atoms with Crippen LogP contribution in [0.3, 0.4) is 0 Å². The first-order chi connectivity index (χ1) is 8.50. The number of hydrogen-bond donors (Lipinski definition) is 2. The monoisotopic (exact) mass is 246 g/mol. The summed E-state index contributed by atoms with van der Waals surface area (Å²) in [4.78, 5) is 11.8.